The van der Waals surface area contributed by atoms with Gasteiger partial charge >= 0.3 is 5.97 Å². The Hall–Kier alpha value is -4.17. The highest BCUT2D eigenvalue weighted by molar-refractivity contribution is 6.01. The number of hydrogen-bond donors (Lipinski definition) is 2. The summed E-state index contributed by atoms with van der Waals surface area (Å²) in [6.07, 6.45) is 1.53. The zero-order valence-corrected chi connectivity index (χ0v) is 20.5. The number of rotatable bonds is 6. The summed E-state index contributed by atoms with van der Waals surface area (Å²) < 4.78 is 31.4. The van der Waals surface area contributed by atoms with E-state index in [2.05, 4.69) is 0 Å². The van der Waals surface area contributed by atoms with Crippen LogP contribution in [0, 0.1) is 12.7 Å². The van der Waals surface area contributed by atoms with E-state index in [-0.39, 0.29) is 40.4 Å². The van der Waals surface area contributed by atoms with Crippen LogP contribution in [0.1, 0.15) is 40.4 Å². The van der Waals surface area contributed by atoms with Crippen molar-refractivity contribution in [1.29, 1.82) is 0 Å². The van der Waals surface area contributed by atoms with E-state index < -0.39 is 5.97 Å². The van der Waals surface area contributed by atoms with Gasteiger partial charge < -0.3 is 24.4 Å². The molecule has 1 aromatic heterocycles. The van der Waals surface area contributed by atoms with Crippen LogP contribution in [-0.2, 0) is 4.74 Å². The fourth-order valence-electron chi connectivity index (χ4n) is 4.73. The number of carboxylic acid groups (broad SMARTS) is 1. The van der Waals surface area contributed by atoms with Gasteiger partial charge in [0.25, 0.3) is 0 Å². The molecule has 8 heteroatoms. The number of phenols is 1. The summed E-state index contributed by atoms with van der Waals surface area (Å²) in [5, 5.41) is 21.0. The van der Waals surface area contributed by atoms with Crippen LogP contribution in [0.3, 0.4) is 0 Å². The van der Waals surface area contributed by atoms with Crippen LogP contribution in [0.2, 0.25) is 0 Å². The summed E-state index contributed by atoms with van der Waals surface area (Å²) in [5.74, 6) is -0.495. The molecule has 2 N–H and O–H groups in total. The van der Waals surface area contributed by atoms with Crippen molar-refractivity contribution in [2.75, 3.05) is 20.3 Å². The monoisotopic (exact) mass is 503 g/mol. The standard InChI is InChI=1S/C29H26FNO6/c1-16-13-18(3-7-23(16)30)26-21-6-5-20(32)15-22(21)28(31-27(26)17-9-11-36-12-10-17)37-24-8-4-19(29(33)34)14-25(24)35-2/h3-8,13-15,17,32H,9-12H2,1-2H3,(H,33,34). The maximum atomic E-state index is 14.2. The van der Waals surface area contributed by atoms with Crippen LogP contribution in [0.25, 0.3) is 21.9 Å². The lowest BCUT2D eigenvalue weighted by atomic mass is 9.87. The predicted octanol–water partition coefficient (Wildman–Crippen LogP) is 6.45. The Labute approximate surface area is 213 Å². The van der Waals surface area contributed by atoms with E-state index in [0.717, 1.165) is 35.0 Å². The number of nitrogens with zero attached hydrogens (tertiary/aromatic N) is 1. The minimum absolute atomic E-state index is 0.0346. The van der Waals surface area contributed by atoms with Gasteiger partial charge in [0.05, 0.1) is 18.4 Å². The maximum Gasteiger partial charge on any atom is 0.335 e. The molecule has 0 unspecified atom stereocenters. The summed E-state index contributed by atoms with van der Waals surface area (Å²) in [6, 6.07) is 14.3. The molecular formula is C29H26FNO6. The number of ether oxygens (including phenoxy) is 3. The zero-order valence-electron chi connectivity index (χ0n) is 20.5. The van der Waals surface area contributed by atoms with Gasteiger partial charge in [-0.3, -0.25) is 0 Å². The maximum absolute atomic E-state index is 14.2. The SMILES string of the molecule is COc1cc(C(=O)O)ccc1Oc1nc(C2CCOCC2)c(-c2ccc(F)c(C)c2)c2ccc(O)cc12. The number of aromatic nitrogens is 1. The Kier molecular flexibility index (Phi) is 6.67. The van der Waals surface area contributed by atoms with Gasteiger partial charge in [-0.1, -0.05) is 6.07 Å². The third-order valence-electron chi connectivity index (χ3n) is 6.65. The number of fused-ring (bicyclic) bond motifs is 1. The lowest BCUT2D eigenvalue weighted by molar-refractivity contribution is 0.0696. The van der Waals surface area contributed by atoms with E-state index in [4.69, 9.17) is 19.2 Å². The average Bonchev–Trinajstić information content (AvgIpc) is 2.90. The largest absolute Gasteiger partial charge is 0.508 e. The number of pyridine rings is 1. The Morgan fingerprint density at radius 2 is 1.81 bits per heavy atom. The molecule has 37 heavy (non-hydrogen) atoms. The van der Waals surface area contributed by atoms with Crippen molar-refractivity contribution >= 4 is 16.7 Å². The Morgan fingerprint density at radius 3 is 2.51 bits per heavy atom. The van der Waals surface area contributed by atoms with Crippen molar-refractivity contribution in [1.82, 2.24) is 4.98 Å². The van der Waals surface area contributed by atoms with Gasteiger partial charge in [-0.15, -0.1) is 0 Å². The second-order valence-electron chi connectivity index (χ2n) is 9.03. The van der Waals surface area contributed by atoms with E-state index >= 15 is 0 Å². The van der Waals surface area contributed by atoms with E-state index in [0.29, 0.717) is 24.2 Å². The summed E-state index contributed by atoms with van der Waals surface area (Å²) in [5.41, 5.74) is 3.04. The zero-order chi connectivity index (χ0) is 26.1. The third kappa shape index (κ3) is 4.80. The normalized spacial score (nSPS) is 14.0. The van der Waals surface area contributed by atoms with E-state index in [1.165, 1.54) is 31.4 Å². The highest BCUT2D eigenvalue weighted by atomic mass is 19.1. The molecule has 5 rings (SSSR count). The van der Waals surface area contributed by atoms with Gasteiger partial charge in [-0.05, 0) is 84.8 Å². The molecule has 0 aliphatic carbocycles. The molecular weight excluding hydrogens is 477 g/mol. The van der Waals surface area contributed by atoms with Gasteiger partial charge in [0, 0.05) is 30.1 Å². The van der Waals surface area contributed by atoms with E-state index in [9.17, 15) is 19.4 Å². The van der Waals surface area contributed by atoms with E-state index in [1.807, 2.05) is 0 Å². The van der Waals surface area contributed by atoms with Crippen molar-refractivity contribution in [3.63, 3.8) is 0 Å². The summed E-state index contributed by atoms with van der Waals surface area (Å²) in [4.78, 5) is 16.4. The molecule has 2 heterocycles. The Balaban J connectivity index is 1.75. The molecule has 1 fully saturated rings. The van der Waals surface area contributed by atoms with Gasteiger partial charge in [0.2, 0.25) is 5.88 Å². The third-order valence-corrected chi connectivity index (χ3v) is 6.65. The number of halogens is 1. The molecule has 0 spiro atoms. The average molecular weight is 504 g/mol. The number of carbonyl (C=O) groups is 1. The van der Waals surface area contributed by atoms with Gasteiger partial charge in [0.1, 0.15) is 11.6 Å². The van der Waals surface area contributed by atoms with Crippen molar-refractivity contribution in [2.24, 2.45) is 0 Å². The van der Waals surface area contributed by atoms with Crippen LogP contribution < -0.4 is 9.47 Å². The second-order valence-corrected chi connectivity index (χ2v) is 9.03. The minimum atomic E-state index is -1.08. The second kappa shape index (κ2) is 10.1. The molecule has 7 nitrogen and oxygen atoms in total. The quantitative estimate of drug-likeness (QED) is 0.312. The molecule has 0 saturated carbocycles. The van der Waals surface area contributed by atoms with Crippen LogP contribution >= 0.6 is 0 Å². The molecule has 190 valence electrons. The number of carboxylic acids is 1. The molecule has 0 atom stereocenters. The summed E-state index contributed by atoms with van der Waals surface area (Å²) in [7, 11) is 1.43. The van der Waals surface area contributed by atoms with Crippen LogP contribution in [0.15, 0.2) is 54.6 Å². The lowest BCUT2D eigenvalue weighted by Crippen LogP contribution is -2.16. The smallest absolute Gasteiger partial charge is 0.335 e. The van der Waals surface area contributed by atoms with Crippen molar-refractivity contribution < 1.29 is 33.6 Å². The number of phenolic OH excluding ortho intramolecular Hbond substituents is 1. The molecule has 1 saturated heterocycles. The first-order valence-corrected chi connectivity index (χ1v) is 12.0. The molecule has 0 amide bonds. The molecule has 1 aliphatic rings. The molecule has 0 radical (unpaired) electrons. The summed E-state index contributed by atoms with van der Waals surface area (Å²) in [6.45, 7) is 2.92. The fraction of sp³-hybridized carbons (Fsp3) is 0.241. The Bertz CT molecular complexity index is 1500. The first kappa shape index (κ1) is 24.5. The number of aromatic carboxylic acids is 1. The molecule has 0 bridgehead atoms. The highest BCUT2D eigenvalue weighted by Gasteiger charge is 2.26. The van der Waals surface area contributed by atoms with Gasteiger partial charge in [-0.25, -0.2) is 14.2 Å². The van der Waals surface area contributed by atoms with Crippen molar-refractivity contribution in [3.05, 3.63) is 77.2 Å². The molecule has 3 aromatic carbocycles. The highest BCUT2D eigenvalue weighted by Crippen LogP contribution is 2.44. The topological polar surface area (TPSA) is 98.1 Å². The Morgan fingerprint density at radius 1 is 1.03 bits per heavy atom. The van der Waals surface area contributed by atoms with Crippen LogP contribution in [-0.4, -0.2) is 41.5 Å². The lowest BCUT2D eigenvalue weighted by Gasteiger charge is -2.26. The summed E-state index contributed by atoms with van der Waals surface area (Å²) >= 11 is 0. The number of benzene rings is 3. The molecule has 4 aromatic rings. The minimum Gasteiger partial charge on any atom is -0.508 e. The predicted molar refractivity (Wildman–Crippen MR) is 136 cm³/mol. The van der Waals surface area contributed by atoms with Gasteiger partial charge in [0.15, 0.2) is 11.5 Å². The number of methoxy groups -OCH3 is 1. The van der Waals surface area contributed by atoms with Gasteiger partial charge in [-0.2, -0.15) is 0 Å². The van der Waals surface area contributed by atoms with Crippen molar-refractivity contribution in [2.45, 2.75) is 25.7 Å². The van der Waals surface area contributed by atoms with Crippen LogP contribution in [0.5, 0.6) is 23.1 Å². The number of aryl methyl sites for hydroxylation is 1. The van der Waals surface area contributed by atoms with Crippen LogP contribution in [0.4, 0.5) is 4.39 Å². The fourth-order valence-corrected chi connectivity index (χ4v) is 4.73. The molecule has 1 aliphatic heterocycles. The number of aromatic hydroxyl groups is 1. The first-order chi connectivity index (χ1) is 17.9. The first-order valence-electron chi connectivity index (χ1n) is 12.0. The number of hydrogen-bond acceptors (Lipinski definition) is 6. The van der Waals surface area contributed by atoms with Crippen molar-refractivity contribution in [3.8, 4) is 34.3 Å². The van der Waals surface area contributed by atoms with E-state index in [1.54, 1.807) is 37.3 Å².